The first-order chi connectivity index (χ1) is 8.49. The van der Waals surface area contributed by atoms with Gasteiger partial charge in [-0.05, 0) is 38.8 Å². The second kappa shape index (κ2) is 8.44. The van der Waals surface area contributed by atoms with Gasteiger partial charge in [-0.15, -0.1) is 0 Å². The lowest BCUT2D eigenvalue weighted by Crippen LogP contribution is -2.45. The van der Waals surface area contributed by atoms with Gasteiger partial charge in [0.1, 0.15) is 0 Å². The van der Waals surface area contributed by atoms with E-state index in [9.17, 15) is 0 Å². The molecule has 1 aliphatic heterocycles. The minimum Gasteiger partial charge on any atom is -0.316 e. The summed E-state index contributed by atoms with van der Waals surface area (Å²) in [4.78, 5) is 2.69. The zero-order valence-electron chi connectivity index (χ0n) is 12.9. The van der Waals surface area contributed by atoms with Gasteiger partial charge in [-0.2, -0.15) is 11.8 Å². The van der Waals surface area contributed by atoms with Gasteiger partial charge >= 0.3 is 0 Å². The molecule has 0 amide bonds. The molecule has 2 nitrogen and oxygen atoms in total. The van der Waals surface area contributed by atoms with Crippen molar-refractivity contribution in [1.29, 1.82) is 0 Å². The van der Waals surface area contributed by atoms with Crippen molar-refractivity contribution in [2.75, 3.05) is 26.2 Å². The van der Waals surface area contributed by atoms with Crippen LogP contribution in [0.5, 0.6) is 0 Å². The van der Waals surface area contributed by atoms with Gasteiger partial charge in [0, 0.05) is 29.6 Å². The Morgan fingerprint density at radius 2 is 1.78 bits per heavy atom. The smallest absolute Gasteiger partial charge is 0.0149 e. The Bertz CT molecular complexity index is 211. The third-order valence-electron chi connectivity index (χ3n) is 3.60. The summed E-state index contributed by atoms with van der Waals surface area (Å²) in [6.45, 7) is 16.5. The number of hydrogen-bond acceptors (Lipinski definition) is 3. The molecule has 1 fully saturated rings. The van der Waals surface area contributed by atoms with E-state index in [0.29, 0.717) is 0 Å². The van der Waals surface area contributed by atoms with E-state index in [4.69, 9.17) is 0 Å². The van der Waals surface area contributed by atoms with Crippen molar-refractivity contribution in [3.63, 3.8) is 0 Å². The monoisotopic (exact) mass is 272 g/mol. The molecule has 0 radical (unpaired) electrons. The minimum atomic E-state index is 0.747. The van der Waals surface area contributed by atoms with Crippen LogP contribution in [0.15, 0.2) is 0 Å². The molecule has 3 unspecified atom stereocenters. The third kappa shape index (κ3) is 6.44. The summed E-state index contributed by atoms with van der Waals surface area (Å²) in [5.41, 5.74) is 0. The summed E-state index contributed by atoms with van der Waals surface area (Å²) >= 11 is 2.14. The lowest BCUT2D eigenvalue weighted by atomic mass is 10.1. The molecule has 3 heteroatoms. The number of rotatable bonds is 7. The van der Waals surface area contributed by atoms with Crippen LogP contribution in [0.1, 0.15) is 47.5 Å². The maximum absolute atomic E-state index is 3.54. The van der Waals surface area contributed by atoms with E-state index in [1.165, 1.54) is 32.5 Å². The van der Waals surface area contributed by atoms with Gasteiger partial charge < -0.3 is 5.32 Å². The highest BCUT2D eigenvalue weighted by atomic mass is 32.2. The first-order valence-corrected chi connectivity index (χ1v) is 8.53. The lowest BCUT2D eigenvalue weighted by Gasteiger charge is -2.38. The molecule has 0 aliphatic carbocycles. The average Bonchev–Trinajstić information content (AvgIpc) is 2.26. The first-order valence-electron chi connectivity index (χ1n) is 7.59. The fraction of sp³-hybridized carbons (Fsp3) is 1.00. The highest BCUT2D eigenvalue weighted by molar-refractivity contribution is 8.00. The Balaban J connectivity index is 2.14. The second-order valence-electron chi connectivity index (χ2n) is 6.30. The summed E-state index contributed by atoms with van der Waals surface area (Å²) in [6.07, 6.45) is 2.63. The number of thioether (sulfide) groups is 1. The van der Waals surface area contributed by atoms with Crippen LogP contribution >= 0.6 is 11.8 Å². The second-order valence-corrected chi connectivity index (χ2v) is 8.18. The van der Waals surface area contributed by atoms with Gasteiger partial charge in [-0.1, -0.05) is 27.7 Å². The van der Waals surface area contributed by atoms with Crippen molar-refractivity contribution in [3.8, 4) is 0 Å². The molecule has 1 rings (SSSR count). The van der Waals surface area contributed by atoms with Crippen molar-refractivity contribution in [2.45, 2.75) is 64.0 Å². The van der Waals surface area contributed by atoms with Gasteiger partial charge in [-0.3, -0.25) is 4.90 Å². The van der Waals surface area contributed by atoms with Gasteiger partial charge in [0.25, 0.3) is 0 Å². The third-order valence-corrected chi connectivity index (χ3v) is 4.83. The molecule has 3 atom stereocenters. The predicted molar refractivity (Wildman–Crippen MR) is 84.5 cm³/mol. The minimum absolute atomic E-state index is 0.747. The van der Waals surface area contributed by atoms with Crippen molar-refractivity contribution in [2.24, 2.45) is 5.92 Å². The van der Waals surface area contributed by atoms with Crippen LogP contribution in [0.25, 0.3) is 0 Å². The molecular formula is C15H32N2S. The Hall–Kier alpha value is 0.270. The molecule has 1 saturated heterocycles. The Morgan fingerprint density at radius 1 is 1.17 bits per heavy atom. The van der Waals surface area contributed by atoms with Crippen LogP contribution < -0.4 is 5.32 Å². The van der Waals surface area contributed by atoms with Crippen molar-refractivity contribution >= 4 is 11.8 Å². The van der Waals surface area contributed by atoms with E-state index in [1.807, 2.05) is 0 Å². The quantitative estimate of drug-likeness (QED) is 0.716. The molecule has 1 N–H and O–H groups in total. The van der Waals surface area contributed by atoms with E-state index < -0.39 is 0 Å². The maximum atomic E-state index is 3.54. The van der Waals surface area contributed by atoms with E-state index in [0.717, 1.165) is 29.0 Å². The Kier molecular flexibility index (Phi) is 7.66. The average molecular weight is 273 g/mol. The fourth-order valence-electron chi connectivity index (χ4n) is 2.67. The molecule has 1 aliphatic rings. The lowest BCUT2D eigenvalue weighted by molar-refractivity contribution is 0.195. The first kappa shape index (κ1) is 16.3. The van der Waals surface area contributed by atoms with Crippen LogP contribution in [0.4, 0.5) is 0 Å². The van der Waals surface area contributed by atoms with E-state index in [-0.39, 0.29) is 0 Å². The molecular weight excluding hydrogens is 240 g/mol. The zero-order chi connectivity index (χ0) is 13.5. The SMILES string of the molecule is CC(C)CNCCCC(C)N1CC(C)SC(C)C1. The van der Waals surface area contributed by atoms with Crippen molar-refractivity contribution in [1.82, 2.24) is 10.2 Å². The summed E-state index contributed by atoms with van der Waals surface area (Å²) in [5, 5.41) is 5.14. The van der Waals surface area contributed by atoms with Crippen LogP contribution in [-0.4, -0.2) is 47.6 Å². The molecule has 108 valence electrons. The van der Waals surface area contributed by atoms with Gasteiger partial charge in [0.15, 0.2) is 0 Å². The topological polar surface area (TPSA) is 15.3 Å². The van der Waals surface area contributed by atoms with Crippen LogP contribution in [0.2, 0.25) is 0 Å². The van der Waals surface area contributed by atoms with Crippen molar-refractivity contribution in [3.05, 3.63) is 0 Å². The highest BCUT2D eigenvalue weighted by Crippen LogP contribution is 2.26. The van der Waals surface area contributed by atoms with E-state index in [1.54, 1.807) is 0 Å². The van der Waals surface area contributed by atoms with Crippen LogP contribution in [0, 0.1) is 5.92 Å². The molecule has 18 heavy (non-hydrogen) atoms. The Morgan fingerprint density at radius 3 is 2.33 bits per heavy atom. The summed E-state index contributed by atoms with van der Waals surface area (Å²) in [7, 11) is 0. The largest absolute Gasteiger partial charge is 0.316 e. The summed E-state index contributed by atoms with van der Waals surface area (Å²) < 4.78 is 0. The molecule has 0 bridgehead atoms. The molecule has 0 aromatic rings. The number of nitrogens with one attached hydrogen (secondary N) is 1. The van der Waals surface area contributed by atoms with Gasteiger partial charge in [0.05, 0.1) is 0 Å². The standard InChI is InChI=1S/C15H32N2S/c1-12(2)9-16-8-6-7-13(3)17-10-14(4)18-15(5)11-17/h12-16H,6-11H2,1-5H3. The summed E-state index contributed by atoms with van der Waals surface area (Å²) in [5.74, 6) is 0.767. The number of hydrogen-bond donors (Lipinski definition) is 1. The Labute approximate surface area is 118 Å². The molecule has 1 heterocycles. The van der Waals surface area contributed by atoms with Gasteiger partial charge in [0.2, 0.25) is 0 Å². The maximum Gasteiger partial charge on any atom is 0.0149 e. The normalized spacial score (nSPS) is 27.7. The van der Waals surface area contributed by atoms with Gasteiger partial charge in [-0.25, -0.2) is 0 Å². The molecule has 0 spiro atoms. The van der Waals surface area contributed by atoms with Crippen LogP contribution in [-0.2, 0) is 0 Å². The zero-order valence-corrected chi connectivity index (χ0v) is 13.7. The predicted octanol–water partition coefficient (Wildman–Crippen LogP) is 3.23. The molecule has 0 aromatic heterocycles. The van der Waals surface area contributed by atoms with E-state index >= 15 is 0 Å². The van der Waals surface area contributed by atoms with Crippen LogP contribution in [0.3, 0.4) is 0 Å². The molecule has 0 saturated carbocycles. The number of nitrogens with zero attached hydrogens (tertiary/aromatic N) is 1. The fourth-order valence-corrected chi connectivity index (χ4v) is 4.02. The summed E-state index contributed by atoms with van der Waals surface area (Å²) in [6, 6.07) is 0.747. The highest BCUT2D eigenvalue weighted by Gasteiger charge is 2.25. The molecule has 0 aromatic carbocycles. The van der Waals surface area contributed by atoms with E-state index in [2.05, 4.69) is 56.6 Å². The van der Waals surface area contributed by atoms with Crippen molar-refractivity contribution < 1.29 is 0 Å².